The van der Waals surface area contributed by atoms with Crippen molar-refractivity contribution in [2.24, 2.45) is 16.2 Å². The maximum Gasteiger partial charge on any atom is 0.428 e. The summed E-state index contributed by atoms with van der Waals surface area (Å²) in [6.07, 6.45) is 5.58. The number of alkyl halides is 2. The number of rotatable bonds is 26. The molecular weight excluding hydrogens is 1730 g/mol. The number of fused-ring (bicyclic) bond motifs is 5. The summed E-state index contributed by atoms with van der Waals surface area (Å²) in [5.74, 6) is -1.17. The topological polar surface area (TPSA) is 270 Å². The van der Waals surface area contributed by atoms with Gasteiger partial charge in [-0.15, -0.1) is 0 Å². The molecule has 1 aromatic heterocycles. The minimum atomic E-state index is -6.15. The van der Waals surface area contributed by atoms with E-state index in [1.54, 1.807) is 51.1 Å². The molecule has 0 amide bonds. The molecule has 0 radical (unpaired) electrons. The number of aliphatic hydroxyl groups excluding tert-OH is 1. The number of esters is 5. The van der Waals surface area contributed by atoms with Crippen LogP contribution in [0.2, 0.25) is 0 Å². The first-order valence-electron chi connectivity index (χ1n) is 41.7. The molecule has 5 atom stereocenters. The number of carbonyl (C=O) groups is 5. The van der Waals surface area contributed by atoms with Gasteiger partial charge in [0, 0.05) is 27.8 Å². The first-order valence-corrected chi connectivity index (χ1v) is 44.4. The van der Waals surface area contributed by atoms with E-state index in [9.17, 15) is 50.8 Å². The standard InChI is InChI=1S/C22H24O2.C20H17OS.C17H26O2.C12H16O3.C10H16F2O7S.2C10H14O.12CH4/c1-5-22(3,4)21(23)24-15(2)16-10-11-19-13-17-8-6-7-9-18(17)14-20(19)12-16;21-14-13-15-9-11-16(12-10-15)22-19-7-3-1-5-17(19)18-6-2-4-8-20(18)22;1-7-17(5,6)16(18)19-13(4)15-10-8-14(9-11-15)12(2)3;1-4-8(2)9-5-6-11(13)10(7-9)12(14)15-3;1-4-9(2,3)7(13)18-5-6-19-8(14)10(11,12)20(15,16)17;2*1-3-8(2)9-4-6-10(11)7-5-9;;;;;;;;;;;;/h6-15H,5H2,1-4H3;1-12,21H,13-14H2;8-13H,7H2,1-6H3;5-8,13H,4H2,1-3H3;4-6H2,1-3H3,(H,15,16,17);2*4-8,11H,3H2,1-2H3;12*1H4/q;+1;;;;;;;;;;;;;;;;;/p-1. The fourth-order valence-corrected chi connectivity index (χ4v) is 14.3. The Labute approximate surface area is 812 Å². The molecule has 21 heteroatoms. The van der Waals surface area contributed by atoms with Crippen LogP contribution >= 0.6 is 10.5 Å². The number of halogens is 2. The van der Waals surface area contributed by atoms with Crippen molar-refractivity contribution in [1.29, 1.82) is 0 Å². The number of benzene rings is 10. The van der Waals surface area contributed by atoms with Crippen LogP contribution in [0.25, 0.3) is 46.6 Å². The quantitative estimate of drug-likeness (QED) is 0.00980. The number of carbonyl (C=O) groups excluding carboxylic acids is 5. The fourth-order valence-electron chi connectivity index (χ4n) is 11.7. The maximum absolute atomic E-state index is 12.7. The lowest BCUT2D eigenvalue weighted by Crippen LogP contribution is -2.39. The number of phenols is 3. The fraction of sp³-hybridized carbons (Fsp3) is 0.460. The Bertz CT molecular complexity index is 5170. The van der Waals surface area contributed by atoms with Gasteiger partial charge in [-0.25, -0.2) is 18.0 Å². The molecular formula is C113H174F2O17S2. The number of ether oxygens (including phenoxy) is 5. The lowest BCUT2D eigenvalue weighted by molar-refractivity contribution is -0.167. The van der Waals surface area contributed by atoms with Gasteiger partial charge in [-0.3, -0.25) is 14.4 Å². The van der Waals surface area contributed by atoms with Crippen molar-refractivity contribution < 1.29 is 89.8 Å². The van der Waals surface area contributed by atoms with Crippen molar-refractivity contribution in [1.82, 2.24) is 0 Å². The monoisotopic (exact) mass is 1910 g/mol. The summed E-state index contributed by atoms with van der Waals surface area (Å²) >= 11 is 0. The molecule has 0 saturated carbocycles. The van der Waals surface area contributed by atoms with Crippen LogP contribution in [0.15, 0.2) is 218 Å². The van der Waals surface area contributed by atoms with E-state index in [2.05, 4.69) is 203 Å². The van der Waals surface area contributed by atoms with Crippen LogP contribution in [-0.2, 0) is 59.4 Å². The Kier molecular flexibility index (Phi) is 67.5. The Balaban J connectivity index is -0.000000230. The molecule has 10 aromatic carbocycles. The zero-order valence-corrected chi connectivity index (χ0v) is 76.1. The molecule has 4 N–H and O–H groups in total. The average molecular weight is 1910 g/mol. The molecule has 0 aliphatic rings. The second-order valence-electron chi connectivity index (χ2n) is 32.5. The predicted octanol–water partition coefficient (Wildman–Crippen LogP) is 32.9. The number of phenolic OH excluding ortho intramolecular Hbond substituents is 3. The van der Waals surface area contributed by atoms with E-state index in [1.165, 1.54) is 82.0 Å². The van der Waals surface area contributed by atoms with Gasteiger partial charge in [0.25, 0.3) is 0 Å². The predicted molar refractivity (Wildman–Crippen MR) is 568 cm³/mol. The van der Waals surface area contributed by atoms with E-state index in [-0.39, 0.29) is 142 Å². The van der Waals surface area contributed by atoms with E-state index in [0.717, 1.165) is 55.2 Å². The highest BCUT2D eigenvalue weighted by Crippen LogP contribution is 2.48. The Morgan fingerprint density at radius 1 is 0.403 bits per heavy atom. The van der Waals surface area contributed by atoms with Crippen LogP contribution in [-0.4, -0.2) is 95.4 Å². The normalized spacial score (nSPS) is 11.5. The van der Waals surface area contributed by atoms with Crippen LogP contribution < -0.4 is 0 Å². The first-order chi connectivity index (χ1) is 57.5. The van der Waals surface area contributed by atoms with Crippen LogP contribution in [0.5, 0.6) is 17.2 Å². The molecule has 0 fully saturated rings. The average Bonchev–Trinajstić information content (AvgIpc) is 1.58. The van der Waals surface area contributed by atoms with Gasteiger partial charge in [-0.2, -0.15) is 8.78 Å². The maximum atomic E-state index is 12.7. The van der Waals surface area contributed by atoms with E-state index in [1.807, 2.05) is 104 Å². The SMILES string of the molecule is C.C.C.C.C.C.C.C.C.C.C.C.CCC(C)(C)C(=O)OC(C)c1ccc(C(C)C)cc1.CCC(C)(C)C(=O)OC(C)c1ccc2cc3ccccc3cc2c1.CCC(C)(C)C(=O)OCCOC(=O)C(F)(F)S(=O)(=O)[O-].CCC(C)c1ccc(O)c(C(=O)OC)c1.CCC(C)c1ccc(O)cc1.CCC(C)c1ccc(O)cc1.OCCc1ccc(-[s+]2c3ccccc3c3ccccc32)cc1. The zero-order valence-electron chi connectivity index (χ0n) is 74.5. The minimum Gasteiger partial charge on any atom is -0.743 e. The molecule has 0 aliphatic heterocycles. The summed E-state index contributed by atoms with van der Waals surface area (Å²) in [7, 11) is -4.86. The molecule has 11 rings (SSSR count). The molecule has 0 saturated heterocycles. The molecule has 0 aliphatic carbocycles. The summed E-state index contributed by atoms with van der Waals surface area (Å²) in [4.78, 5) is 59.1. The Morgan fingerprint density at radius 3 is 1.13 bits per heavy atom. The Hall–Kier alpha value is -10.6. The summed E-state index contributed by atoms with van der Waals surface area (Å²) in [5.41, 5.74) is 6.79. The second-order valence-corrected chi connectivity index (χ2v) is 35.9. The van der Waals surface area contributed by atoms with Gasteiger partial charge in [-0.1, -0.05) is 293 Å². The van der Waals surface area contributed by atoms with Gasteiger partial charge < -0.3 is 48.7 Å². The second kappa shape index (κ2) is 65.2. The number of hydrogen-bond acceptors (Lipinski definition) is 17. The van der Waals surface area contributed by atoms with Crippen molar-refractivity contribution >= 4 is 92.2 Å². The molecule has 11 aromatic rings. The minimum absolute atomic E-state index is 0. The van der Waals surface area contributed by atoms with Crippen molar-refractivity contribution in [3.63, 3.8) is 0 Å². The lowest BCUT2D eigenvalue weighted by Gasteiger charge is -2.23. The summed E-state index contributed by atoms with van der Waals surface area (Å²) in [6, 6.07) is 73.4. The summed E-state index contributed by atoms with van der Waals surface area (Å²) in [5, 5.41) is 39.0. The van der Waals surface area contributed by atoms with E-state index >= 15 is 0 Å². The highest BCUT2D eigenvalue weighted by atomic mass is 32.2. The molecule has 5 unspecified atom stereocenters. The van der Waals surface area contributed by atoms with E-state index in [0.29, 0.717) is 41.6 Å². The molecule has 17 nitrogen and oxygen atoms in total. The highest BCUT2D eigenvalue weighted by molar-refractivity contribution is 7.87. The number of aromatic hydroxyl groups is 3. The largest absolute Gasteiger partial charge is 0.743 e. The van der Waals surface area contributed by atoms with Gasteiger partial charge in [0.15, 0.2) is 24.4 Å². The smallest absolute Gasteiger partial charge is 0.428 e. The first kappa shape index (κ1) is 139. The van der Waals surface area contributed by atoms with Crippen LogP contribution in [0, 0.1) is 16.2 Å². The molecule has 0 spiro atoms. The summed E-state index contributed by atoms with van der Waals surface area (Å²) < 4.78 is 82.9. The van der Waals surface area contributed by atoms with Crippen molar-refractivity contribution in [2.75, 3.05) is 26.9 Å². The number of aliphatic hydroxyl groups is 1. The molecule has 0 bridgehead atoms. The molecule has 134 heavy (non-hydrogen) atoms. The third-order valence-corrected chi connectivity index (χ3v) is 25.2. The Morgan fingerprint density at radius 2 is 0.746 bits per heavy atom. The highest BCUT2D eigenvalue weighted by Gasteiger charge is 2.48. The number of methoxy groups -OCH3 is 1. The van der Waals surface area contributed by atoms with Crippen LogP contribution in [0.1, 0.15) is 344 Å². The molecule has 1 heterocycles. The van der Waals surface area contributed by atoms with E-state index in [4.69, 9.17) is 24.8 Å². The van der Waals surface area contributed by atoms with Gasteiger partial charge >= 0.3 is 35.1 Å². The van der Waals surface area contributed by atoms with Crippen LogP contribution in [0.4, 0.5) is 8.78 Å². The lowest BCUT2D eigenvalue weighted by atomic mass is 9.90. The third-order valence-electron chi connectivity index (χ3n) is 22.1. The van der Waals surface area contributed by atoms with Crippen molar-refractivity contribution in [3.05, 3.63) is 263 Å². The van der Waals surface area contributed by atoms with Gasteiger partial charge in [0.05, 0.1) is 23.4 Å². The number of thiophene rings is 1. The number of hydrogen-bond donors (Lipinski definition) is 4. The van der Waals surface area contributed by atoms with Crippen molar-refractivity contribution in [2.45, 2.75) is 307 Å². The van der Waals surface area contributed by atoms with Gasteiger partial charge in [0.2, 0.25) is 0 Å². The summed E-state index contributed by atoms with van der Waals surface area (Å²) in [6.45, 7) is 36.6. The third kappa shape index (κ3) is 40.5. The van der Waals surface area contributed by atoms with E-state index < -0.39 is 62.7 Å². The molecule has 754 valence electrons. The van der Waals surface area contributed by atoms with Crippen LogP contribution in [0.3, 0.4) is 0 Å². The van der Waals surface area contributed by atoms with Gasteiger partial charge in [-0.05, 0) is 275 Å². The van der Waals surface area contributed by atoms with Gasteiger partial charge in [0.1, 0.15) is 48.2 Å². The van der Waals surface area contributed by atoms with Crippen molar-refractivity contribution in [3.8, 4) is 22.1 Å². The zero-order chi connectivity index (χ0) is 91.0.